The Bertz CT molecular complexity index is 578. The Kier molecular flexibility index (Phi) is 4.58. The third kappa shape index (κ3) is 2.40. The van der Waals surface area contributed by atoms with Crippen LogP contribution in [0.5, 0.6) is 0 Å². The van der Waals surface area contributed by atoms with E-state index in [9.17, 15) is 10.1 Å². The quantitative estimate of drug-likeness (QED) is 0.785. The zero-order valence-corrected chi connectivity index (χ0v) is 13.9. The van der Waals surface area contributed by atoms with E-state index in [1.165, 1.54) is 7.11 Å². The second-order valence-electron chi connectivity index (χ2n) is 6.43. The summed E-state index contributed by atoms with van der Waals surface area (Å²) in [5.41, 5.74) is 0.404. The molecule has 0 aliphatic heterocycles. The Morgan fingerprint density at radius 1 is 1.36 bits per heavy atom. The summed E-state index contributed by atoms with van der Waals surface area (Å²) in [4.78, 5) is 14.2. The summed E-state index contributed by atoms with van der Waals surface area (Å²) in [6.45, 7) is 4.08. The van der Waals surface area contributed by atoms with Crippen LogP contribution in [0.2, 0.25) is 0 Å². The van der Waals surface area contributed by atoms with Crippen molar-refractivity contribution in [3.8, 4) is 6.07 Å². The lowest BCUT2D eigenvalue weighted by atomic mass is 9.76. The van der Waals surface area contributed by atoms with E-state index in [4.69, 9.17) is 4.74 Å². The highest BCUT2D eigenvalue weighted by molar-refractivity contribution is 5.79. The minimum Gasteiger partial charge on any atom is -0.469 e. The smallest absolute Gasteiger partial charge is 0.310 e. The highest BCUT2D eigenvalue weighted by atomic mass is 16.5. The fourth-order valence-corrected chi connectivity index (χ4v) is 3.74. The first-order valence-electron chi connectivity index (χ1n) is 7.62. The number of hydrogen-bond acceptors (Lipinski definition) is 4. The first-order valence-corrected chi connectivity index (χ1v) is 7.62. The summed E-state index contributed by atoms with van der Waals surface area (Å²) in [5.74, 6) is -0.665. The molecule has 0 radical (unpaired) electrons. The predicted molar refractivity (Wildman–Crippen MR) is 85.0 cm³/mol. The molecule has 1 aliphatic rings. The Morgan fingerprint density at radius 2 is 1.95 bits per heavy atom. The summed E-state index contributed by atoms with van der Waals surface area (Å²) in [7, 11) is 5.40. The molecule has 0 amide bonds. The number of ether oxygens (including phenoxy) is 1. The number of hydrogen-bond donors (Lipinski definition) is 0. The van der Waals surface area contributed by atoms with Gasteiger partial charge in [-0.2, -0.15) is 5.26 Å². The molecule has 0 bridgehead atoms. The molecular weight excluding hydrogens is 276 g/mol. The molecule has 2 rings (SSSR count). The number of nitriles is 1. The Balaban J connectivity index is 2.50. The largest absolute Gasteiger partial charge is 0.469 e. The maximum atomic E-state index is 12.1. The van der Waals surface area contributed by atoms with E-state index in [0.29, 0.717) is 0 Å². The lowest BCUT2D eigenvalue weighted by Crippen LogP contribution is -2.37. The molecule has 1 aromatic carbocycles. The number of carbonyl (C=O) groups is 1. The second kappa shape index (κ2) is 6.10. The molecular formula is C18H24N2O2. The van der Waals surface area contributed by atoms with Gasteiger partial charge in [-0.1, -0.05) is 37.3 Å². The maximum Gasteiger partial charge on any atom is 0.310 e. The van der Waals surface area contributed by atoms with E-state index < -0.39 is 5.41 Å². The molecule has 0 saturated heterocycles. The summed E-state index contributed by atoms with van der Waals surface area (Å²) >= 11 is 0. The normalized spacial score (nSPS) is 29.5. The van der Waals surface area contributed by atoms with Gasteiger partial charge in [-0.05, 0) is 32.5 Å². The second-order valence-corrected chi connectivity index (χ2v) is 6.43. The number of rotatable bonds is 5. The molecule has 0 unspecified atom stereocenters. The molecule has 0 heterocycles. The summed E-state index contributed by atoms with van der Waals surface area (Å²) in [6, 6.07) is 12.6. The molecule has 118 valence electrons. The number of nitrogens with zero attached hydrogens (tertiary/aromatic N) is 2. The minimum atomic E-state index is -0.696. The maximum absolute atomic E-state index is 12.1. The average molecular weight is 300 g/mol. The van der Waals surface area contributed by atoms with Crippen molar-refractivity contribution < 1.29 is 9.53 Å². The fourth-order valence-electron chi connectivity index (χ4n) is 3.74. The van der Waals surface area contributed by atoms with Gasteiger partial charge in [0, 0.05) is 12.0 Å². The van der Waals surface area contributed by atoms with E-state index >= 15 is 0 Å². The van der Waals surface area contributed by atoms with Crippen LogP contribution in [-0.4, -0.2) is 38.1 Å². The lowest BCUT2D eigenvalue weighted by molar-refractivity contribution is -0.143. The third-order valence-electron chi connectivity index (χ3n) is 5.28. The van der Waals surface area contributed by atoms with Gasteiger partial charge in [0.2, 0.25) is 0 Å². The molecule has 5 atom stereocenters. The molecule has 22 heavy (non-hydrogen) atoms. The zero-order valence-electron chi connectivity index (χ0n) is 13.9. The number of carbonyl (C=O) groups excluding carboxylic acids is 1. The predicted octanol–water partition coefficient (Wildman–Crippen LogP) is 2.67. The van der Waals surface area contributed by atoms with E-state index in [-0.39, 0.29) is 29.8 Å². The van der Waals surface area contributed by atoms with E-state index in [0.717, 1.165) is 5.56 Å². The van der Waals surface area contributed by atoms with E-state index in [1.54, 1.807) is 0 Å². The molecule has 1 aromatic rings. The molecule has 4 heteroatoms. The van der Waals surface area contributed by atoms with Crippen molar-refractivity contribution in [3.63, 3.8) is 0 Å². The van der Waals surface area contributed by atoms with Gasteiger partial charge in [-0.3, -0.25) is 4.79 Å². The van der Waals surface area contributed by atoms with Gasteiger partial charge in [0.05, 0.1) is 24.5 Å². The summed E-state index contributed by atoms with van der Waals surface area (Å²) < 4.78 is 4.92. The van der Waals surface area contributed by atoms with Crippen LogP contribution < -0.4 is 0 Å². The Morgan fingerprint density at radius 3 is 2.41 bits per heavy atom. The molecule has 0 spiro atoms. The molecule has 1 fully saturated rings. The summed E-state index contributed by atoms with van der Waals surface area (Å²) in [5, 5.41) is 9.93. The van der Waals surface area contributed by atoms with Gasteiger partial charge in [0.1, 0.15) is 0 Å². The van der Waals surface area contributed by atoms with Gasteiger partial charge in [0.25, 0.3) is 0 Å². The topological polar surface area (TPSA) is 53.3 Å². The number of likely N-dealkylation sites (N-methyl/N-ethyl adjacent to an activating group) is 1. The van der Waals surface area contributed by atoms with Gasteiger partial charge in [-0.25, -0.2) is 0 Å². The molecule has 4 nitrogen and oxygen atoms in total. The van der Waals surface area contributed by atoms with Crippen molar-refractivity contribution in [1.82, 2.24) is 4.90 Å². The lowest BCUT2D eigenvalue weighted by Gasteiger charge is -2.34. The van der Waals surface area contributed by atoms with Crippen LogP contribution >= 0.6 is 0 Å². The molecule has 1 saturated carbocycles. The number of benzene rings is 1. The van der Waals surface area contributed by atoms with Crippen LogP contribution in [0.4, 0.5) is 0 Å². The van der Waals surface area contributed by atoms with Gasteiger partial charge >= 0.3 is 5.97 Å². The SMILES string of the molecule is COC(=O)[C@@H]1[C@@H](C)[C@@]1(C#N)[C@@H](c1ccccc1)[C@H](C)N(C)C. The fraction of sp³-hybridized carbons (Fsp3) is 0.556. The molecule has 0 aromatic heterocycles. The van der Waals surface area contributed by atoms with Crippen molar-refractivity contribution in [1.29, 1.82) is 5.26 Å². The van der Waals surface area contributed by atoms with E-state index in [1.807, 2.05) is 51.4 Å². The van der Waals surface area contributed by atoms with Crippen molar-refractivity contribution >= 4 is 5.97 Å². The van der Waals surface area contributed by atoms with Gasteiger partial charge in [0.15, 0.2) is 0 Å². The summed E-state index contributed by atoms with van der Waals surface area (Å²) in [6.07, 6.45) is 0. The van der Waals surface area contributed by atoms with Crippen LogP contribution in [-0.2, 0) is 9.53 Å². The first-order chi connectivity index (χ1) is 10.4. The van der Waals surface area contributed by atoms with Crippen LogP contribution in [0.3, 0.4) is 0 Å². The van der Waals surface area contributed by atoms with Crippen molar-refractivity contribution in [2.45, 2.75) is 25.8 Å². The van der Waals surface area contributed by atoms with Crippen LogP contribution in [0.15, 0.2) is 30.3 Å². The molecule has 1 aliphatic carbocycles. The van der Waals surface area contributed by atoms with Crippen molar-refractivity contribution in [2.75, 3.05) is 21.2 Å². The minimum absolute atomic E-state index is 0.00226. The van der Waals surface area contributed by atoms with Crippen molar-refractivity contribution in [2.24, 2.45) is 17.3 Å². The number of methoxy groups -OCH3 is 1. The van der Waals surface area contributed by atoms with Gasteiger partial charge < -0.3 is 9.64 Å². The number of esters is 1. The standard InChI is InChI=1S/C18H24N2O2/c1-12-15(17(21)22-5)18(12,11-19)16(13(2)20(3)4)14-9-7-6-8-10-14/h6-10,12-13,15-16H,1-5H3/t12-,13+,15+,16-,18-/m1/s1. The van der Waals surface area contributed by atoms with Crippen LogP contribution in [0.1, 0.15) is 25.3 Å². The van der Waals surface area contributed by atoms with Crippen LogP contribution in [0.25, 0.3) is 0 Å². The van der Waals surface area contributed by atoms with Crippen molar-refractivity contribution in [3.05, 3.63) is 35.9 Å². The third-order valence-corrected chi connectivity index (χ3v) is 5.28. The monoisotopic (exact) mass is 300 g/mol. The Hall–Kier alpha value is -1.86. The van der Waals surface area contributed by atoms with Crippen LogP contribution in [0, 0.1) is 28.6 Å². The highest BCUT2D eigenvalue weighted by Gasteiger charge is 2.71. The first kappa shape index (κ1) is 16.5. The van der Waals surface area contributed by atoms with E-state index in [2.05, 4.69) is 17.9 Å². The van der Waals surface area contributed by atoms with Gasteiger partial charge in [-0.15, -0.1) is 0 Å². The average Bonchev–Trinajstić information content (AvgIpc) is 3.13. The Labute approximate surface area is 132 Å². The zero-order chi connectivity index (χ0) is 16.5. The highest BCUT2D eigenvalue weighted by Crippen LogP contribution is 2.67. The molecule has 0 N–H and O–H groups in total.